The number of hydrogen-bond donors (Lipinski definition) is 1. The van der Waals surface area contributed by atoms with Crippen LogP contribution in [0, 0.1) is 5.92 Å². The van der Waals surface area contributed by atoms with Gasteiger partial charge in [-0.25, -0.2) is 0 Å². The Morgan fingerprint density at radius 1 is 1.21 bits per heavy atom. The summed E-state index contributed by atoms with van der Waals surface area (Å²) in [6.07, 6.45) is -4.02. The van der Waals surface area contributed by atoms with Gasteiger partial charge in [-0.1, -0.05) is 16.8 Å². The molecule has 0 unspecified atom stereocenters. The van der Waals surface area contributed by atoms with Gasteiger partial charge in [0.15, 0.2) is 18.1 Å². The highest BCUT2D eigenvalue weighted by molar-refractivity contribution is 6.31. The van der Waals surface area contributed by atoms with E-state index in [4.69, 9.17) is 21.2 Å². The average molecular weight is 485 g/mol. The normalized spacial score (nSPS) is 15.1. The van der Waals surface area contributed by atoms with Crippen LogP contribution in [0.3, 0.4) is 0 Å². The highest BCUT2D eigenvalue weighted by Gasteiger charge is 2.37. The minimum absolute atomic E-state index is 0.0562. The van der Waals surface area contributed by atoms with Crippen molar-refractivity contribution in [3.8, 4) is 11.6 Å². The second-order valence-corrected chi connectivity index (χ2v) is 7.84. The summed E-state index contributed by atoms with van der Waals surface area (Å²) < 4.78 is 45.2. The lowest BCUT2D eigenvalue weighted by Crippen LogP contribution is -2.37. The molecule has 174 valence electrons. The van der Waals surface area contributed by atoms with Gasteiger partial charge < -0.3 is 14.5 Å². The number of aliphatic carboxylic acids is 1. The number of carbonyl (C=O) groups is 2. The maximum atomic E-state index is 13.3. The third kappa shape index (κ3) is 4.97. The molecule has 0 aliphatic carbocycles. The number of piperidine rings is 1. The van der Waals surface area contributed by atoms with Crippen molar-refractivity contribution >= 4 is 29.2 Å². The number of alkyl halides is 3. The first-order valence-electron chi connectivity index (χ1n) is 9.74. The van der Waals surface area contributed by atoms with E-state index in [1.165, 1.54) is 0 Å². The number of carbonyl (C=O) groups excluding carboxylic acids is 1. The smallest absolute Gasteiger partial charge is 0.417 e. The zero-order valence-corrected chi connectivity index (χ0v) is 17.5. The second kappa shape index (κ2) is 8.81. The lowest BCUT2D eigenvalue weighted by molar-refractivity contribution is -0.139. The van der Waals surface area contributed by atoms with Gasteiger partial charge in [0.1, 0.15) is 0 Å². The van der Waals surface area contributed by atoms with Gasteiger partial charge in [0.2, 0.25) is 11.6 Å². The number of aromatic nitrogens is 5. The fourth-order valence-corrected chi connectivity index (χ4v) is 3.78. The van der Waals surface area contributed by atoms with Gasteiger partial charge in [0.25, 0.3) is 0 Å². The van der Waals surface area contributed by atoms with Crippen LogP contribution in [0.4, 0.5) is 19.0 Å². The number of rotatable bonds is 6. The largest absolute Gasteiger partial charge is 0.480 e. The zero-order chi connectivity index (χ0) is 23.8. The van der Waals surface area contributed by atoms with E-state index in [2.05, 4.69) is 20.6 Å². The van der Waals surface area contributed by atoms with E-state index in [0.29, 0.717) is 31.7 Å². The predicted octanol–water partition coefficient (Wildman–Crippen LogP) is 3.18. The van der Waals surface area contributed by atoms with Crippen LogP contribution < -0.4 is 4.90 Å². The van der Waals surface area contributed by atoms with Crippen LogP contribution >= 0.6 is 11.6 Å². The first kappa shape index (κ1) is 22.7. The van der Waals surface area contributed by atoms with Crippen LogP contribution in [-0.4, -0.2) is 55.3 Å². The van der Waals surface area contributed by atoms with Crippen LogP contribution in [0.2, 0.25) is 5.02 Å². The van der Waals surface area contributed by atoms with Crippen molar-refractivity contribution in [2.45, 2.75) is 25.6 Å². The molecule has 2 aromatic heterocycles. The summed E-state index contributed by atoms with van der Waals surface area (Å²) in [5.74, 6) is -1.65. The van der Waals surface area contributed by atoms with Gasteiger partial charge in [-0.3, -0.25) is 9.59 Å². The SMILES string of the molecule is O=C(O)Cn1nnc(-c2cc(N3CCC(C(=O)c4cc(Cl)ccc4C(F)(F)F)CC3)no2)n1. The Morgan fingerprint density at radius 3 is 2.61 bits per heavy atom. The number of anilines is 1. The van der Waals surface area contributed by atoms with Crippen molar-refractivity contribution in [1.82, 2.24) is 25.4 Å². The fourth-order valence-electron chi connectivity index (χ4n) is 3.61. The van der Waals surface area contributed by atoms with Crippen molar-refractivity contribution < 1.29 is 32.4 Å². The predicted molar refractivity (Wildman–Crippen MR) is 107 cm³/mol. The van der Waals surface area contributed by atoms with Crippen LogP contribution in [0.15, 0.2) is 28.8 Å². The Hall–Kier alpha value is -3.48. The van der Waals surface area contributed by atoms with Gasteiger partial charge in [-0.2, -0.15) is 18.0 Å². The van der Waals surface area contributed by atoms with Crippen molar-refractivity contribution in [3.05, 3.63) is 40.4 Å². The molecule has 1 aliphatic heterocycles. The summed E-state index contributed by atoms with van der Waals surface area (Å²) in [6, 6.07) is 4.54. The van der Waals surface area contributed by atoms with E-state index < -0.39 is 41.5 Å². The summed E-state index contributed by atoms with van der Waals surface area (Å²) in [6.45, 7) is 0.269. The molecular formula is C19H16ClF3N6O4. The molecule has 1 N–H and O–H groups in total. The van der Waals surface area contributed by atoms with Crippen LogP contribution in [0.1, 0.15) is 28.8 Å². The molecule has 3 aromatic rings. The Bertz CT molecular complexity index is 1190. The van der Waals surface area contributed by atoms with E-state index in [0.717, 1.165) is 23.0 Å². The van der Waals surface area contributed by atoms with Gasteiger partial charge in [0.05, 0.1) is 5.56 Å². The Balaban J connectivity index is 1.43. The third-order valence-electron chi connectivity index (χ3n) is 5.19. The van der Waals surface area contributed by atoms with E-state index >= 15 is 0 Å². The number of halogens is 4. The fraction of sp³-hybridized carbons (Fsp3) is 0.368. The van der Waals surface area contributed by atoms with Crippen molar-refractivity contribution in [2.75, 3.05) is 18.0 Å². The molecular weight excluding hydrogens is 469 g/mol. The van der Waals surface area contributed by atoms with E-state index in [1.807, 2.05) is 4.90 Å². The van der Waals surface area contributed by atoms with Crippen LogP contribution in [0.25, 0.3) is 11.6 Å². The molecule has 10 nitrogen and oxygen atoms in total. The van der Waals surface area contributed by atoms with Crippen LogP contribution in [-0.2, 0) is 17.5 Å². The summed E-state index contributed by atoms with van der Waals surface area (Å²) in [5, 5.41) is 24.0. The Labute approximate surface area is 188 Å². The number of benzene rings is 1. The zero-order valence-electron chi connectivity index (χ0n) is 16.8. The maximum Gasteiger partial charge on any atom is 0.417 e. The molecule has 33 heavy (non-hydrogen) atoms. The summed E-state index contributed by atoms with van der Waals surface area (Å²) in [5.41, 5.74) is -1.42. The first-order chi connectivity index (χ1) is 15.6. The van der Waals surface area contributed by atoms with Gasteiger partial charge in [-0.15, -0.1) is 10.2 Å². The maximum absolute atomic E-state index is 13.3. The minimum atomic E-state index is -4.66. The monoisotopic (exact) mass is 484 g/mol. The minimum Gasteiger partial charge on any atom is -0.480 e. The number of nitrogens with zero attached hydrogens (tertiary/aromatic N) is 6. The molecule has 0 atom stereocenters. The summed E-state index contributed by atoms with van der Waals surface area (Å²) in [4.78, 5) is 26.3. The molecule has 0 bridgehead atoms. The molecule has 3 heterocycles. The molecule has 1 aromatic carbocycles. The number of hydrogen-bond acceptors (Lipinski definition) is 8. The summed E-state index contributed by atoms with van der Waals surface area (Å²) in [7, 11) is 0. The number of Topliss-reactive ketones (excluding diaryl/α,β-unsaturated/α-hetero) is 1. The van der Waals surface area contributed by atoms with Crippen molar-refractivity contribution in [1.29, 1.82) is 0 Å². The lowest BCUT2D eigenvalue weighted by Gasteiger charge is -2.31. The quantitative estimate of drug-likeness (QED) is 0.524. The number of carboxylic acids is 1. The Morgan fingerprint density at radius 2 is 1.94 bits per heavy atom. The first-order valence-corrected chi connectivity index (χ1v) is 10.1. The van der Waals surface area contributed by atoms with E-state index in [-0.39, 0.29) is 16.6 Å². The van der Waals surface area contributed by atoms with E-state index in [9.17, 15) is 22.8 Å². The van der Waals surface area contributed by atoms with Crippen LogP contribution in [0.5, 0.6) is 0 Å². The highest BCUT2D eigenvalue weighted by Crippen LogP contribution is 2.36. The van der Waals surface area contributed by atoms with Crippen molar-refractivity contribution in [3.63, 3.8) is 0 Å². The number of tetrazole rings is 1. The van der Waals surface area contributed by atoms with Crippen molar-refractivity contribution in [2.24, 2.45) is 5.92 Å². The summed E-state index contributed by atoms with van der Waals surface area (Å²) >= 11 is 5.84. The molecule has 0 spiro atoms. The second-order valence-electron chi connectivity index (χ2n) is 7.40. The molecule has 0 saturated carbocycles. The molecule has 4 rings (SSSR count). The molecule has 0 amide bonds. The van der Waals surface area contributed by atoms with Gasteiger partial charge >= 0.3 is 12.1 Å². The van der Waals surface area contributed by atoms with Gasteiger partial charge in [-0.05, 0) is 36.3 Å². The topological polar surface area (TPSA) is 127 Å². The number of ketones is 1. The molecule has 14 heteroatoms. The standard InChI is InChI=1S/C19H16ClF3N6O4/c20-11-1-2-13(19(21,22)23)12(7-11)17(32)10-3-5-28(6-4-10)15-8-14(33-26-15)18-24-27-29(25-18)9-16(30)31/h1-2,7-8,10H,3-6,9H2,(H,30,31). The molecule has 0 radical (unpaired) electrons. The number of carboxylic acid groups (broad SMARTS) is 1. The lowest BCUT2D eigenvalue weighted by atomic mass is 9.87. The van der Waals surface area contributed by atoms with Gasteiger partial charge in [0, 0.05) is 35.7 Å². The highest BCUT2D eigenvalue weighted by atomic mass is 35.5. The third-order valence-corrected chi connectivity index (χ3v) is 5.42. The Kier molecular flexibility index (Phi) is 6.06. The molecule has 1 fully saturated rings. The average Bonchev–Trinajstić information content (AvgIpc) is 3.41. The van der Waals surface area contributed by atoms with E-state index in [1.54, 1.807) is 6.07 Å². The molecule has 1 saturated heterocycles. The molecule has 1 aliphatic rings.